The average Bonchev–Trinajstić information content (AvgIpc) is 3.47. The van der Waals surface area contributed by atoms with Gasteiger partial charge in [-0.3, -0.25) is 10.6 Å². The molecule has 3 N–H and O–H groups in total. The molecule has 0 spiro atoms. The predicted octanol–water partition coefficient (Wildman–Crippen LogP) is 3.45. The molecule has 9 nitrogen and oxygen atoms in total. The van der Waals surface area contributed by atoms with Gasteiger partial charge in [0.15, 0.2) is 5.78 Å². The normalized spacial score (nSPS) is 18.0. The second kappa shape index (κ2) is 11.4. The van der Waals surface area contributed by atoms with Crippen LogP contribution < -0.4 is 11.2 Å². The smallest absolute Gasteiger partial charge is 0.199 e. The Morgan fingerprint density at radius 1 is 1.30 bits per heavy atom. The summed E-state index contributed by atoms with van der Waals surface area (Å²) >= 11 is 0.940. The van der Waals surface area contributed by atoms with Crippen molar-refractivity contribution in [3.05, 3.63) is 78.0 Å². The van der Waals surface area contributed by atoms with Gasteiger partial charge in [0.05, 0.1) is 12.2 Å². The fraction of sp³-hybridized carbons (Fsp3) is 0.348. The molecule has 174 valence electrons. The quantitative estimate of drug-likeness (QED) is 0.0832. The Hall–Kier alpha value is -2.76. The summed E-state index contributed by atoms with van der Waals surface area (Å²) in [6, 6.07) is 12.2. The van der Waals surface area contributed by atoms with Crippen molar-refractivity contribution in [1.82, 2.24) is 18.9 Å². The lowest BCUT2D eigenvalue weighted by Crippen LogP contribution is -2.20. The van der Waals surface area contributed by atoms with Gasteiger partial charge < -0.3 is 9.88 Å². The van der Waals surface area contributed by atoms with Crippen molar-refractivity contribution in [2.75, 3.05) is 19.0 Å². The molecule has 0 bridgehead atoms. The van der Waals surface area contributed by atoms with Gasteiger partial charge in [0.2, 0.25) is 0 Å². The van der Waals surface area contributed by atoms with Gasteiger partial charge in [-0.1, -0.05) is 30.3 Å². The van der Waals surface area contributed by atoms with Gasteiger partial charge in [-0.25, -0.2) is 14.9 Å². The number of hydrazine groups is 1. The van der Waals surface area contributed by atoms with Gasteiger partial charge in [-0.05, 0) is 36.8 Å². The van der Waals surface area contributed by atoms with Crippen molar-refractivity contribution in [3.63, 3.8) is 0 Å². The summed E-state index contributed by atoms with van der Waals surface area (Å²) in [6.07, 6.45) is 9.69. The fourth-order valence-corrected chi connectivity index (χ4v) is 4.17. The van der Waals surface area contributed by atoms with E-state index in [2.05, 4.69) is 27.4 Å². The molecule has 2 unspecified atom stereocenters. The van der Waals surface area contributed by atoms with Gasteiger partial charge in [-0.2, -0.15) is 4.41 Å². The molecule has 4 rings (SSSR count). The van der Waals surface area contributed by atoms with Crippen LogP contribution in [0.5, 0.6) is 0 Å². The molecule has 0 saturated heterocycles. The van der Waals surface area contributed by atoms with Crippen molar-refractivity contribution in [1.29, 1.82) is 0 Å². The number of benzene rings is 1. The maximum atomic E-state index is 13.2. The van der Waals surface area contributed by atoms with E-state index in [1.165, 1.54) is 16.3 Å². The van der Waals surface area contributed by atoms with Crippen molar-refractivity contribution in [2.24, 2.45) is 11.8 Å². The first-order chi connectivity index (χ1) is 16.1. The first-order valence-electron chi connectivity index (χ1n) is 10.8. The van der Waals surface area contributed by atoms with E-state index >= 15 is 0 Å². The predicted molar refractivity (Wildman–Crippen MR) is 127 cm³/mol. The topological polar surface area (TPSA) is 108 Å². The van der Waals surface area contributed by atoms with E-state index in [1.807, 2.05) is 41.2 Å². The number of nitrogens with zero attached hydrogens (tertiary/aromatic N) is 4. The number of nitrogens with two attached hydrogens (primary N) is 1. The molecule has 0 amide bonds. The summed E-state index contributed by atoms with van der Waals surface area (Å²) < 4.78 is 8.31. The second-order valence-electron chi connectivity index (χ2n) is 8.17. The second-order valence-corrected chi connectivity index (χ2v) is 9.03. The van der Waals surface area contributed by atoms with Gasteiger partial charge in [0.1, 0.15) is 24.4 Å². The number of anilines is 1. The molecule has 1 saturated carbocycles. The zero-order chi connectivity index (χ0) is 23.0. The minimum absolute atomic E-state index is 0.0980. The summed E-state index contributed by atoms with van der Waals surface area (Å²) in [7, 11) is 1.67. The molecule has 2 aromatic heterocycles. The van der Waals surface area contributed by atoms with Crippen LogP contribution in [0.15, 0.2) is 61.3 Å². The van der Waals surface area contributed by atoms with Crippen LogP contribution in [0, 0.1) is 5.92 Å². The lowest BCUT2D eigenvalue weighted by Gasteiger charge is -2.16. The summed E-state index contributed by atoms with van der Waals surface area (Å²) in [5, 5.41) is 3.44. The molecular formula is C23H28N6O3S. The third-order valence-corrected chi connectivity index (χ3v) is 5.95. The monoisotopic (exact) mass is 468 g/mol. The van der Waals surface area contributed by atoms with Crippen LogP contribution >= 0.6 is 12.2 Å². The van der Waals surface area contributed by atoms with Crippen molar-refractivity contribution >= 4 is 23.8 Å². The van der Waals surface area contributed by atoms with Gasteiger partial charge >= 0.3 is 0 Å². The minimum atomic E-state index is -0.0980. The van der Waals surface area contributed by atoms with Crippen LogP contribution in [0.25, 0.3) is 0 Å². The van der Waals surface area contributed by atoms with E-state index in [1.54, 1.807) is 13.2 Å². The molecule has 33 heavy (non-hydrogen) atoms. The minimum Gasteiger partial charge on any atom is -0.367 e. The SMILES string of the molecule is CN(N)SOOCC1CCC(Nc2ncncc2C(=O)c2ccn(Cc3ccccc3)c2)C1. The standard InChI is InChI=1S/C23H28N6O3S/c1-28(24)33-32-31-15-18-7-8-20(11-18)27-23-21(12-25-16-26-23)22(30)19-9-10-29(14-19)13-17-5-3-2-4-6-17/h2-6,9-10,12,14,16,18,20H,7-8,11,13,15,24H2,1H3,(H,25,26,27). The van der Waals surface area contributed by atoms with Crippen LogP contribution in [0.3, 0.4) is 0 Å². The Labute approximate surface area is 197 Å². The number of nitrogens with one attached hydrogen (secondary N) is 1. The van der Waals surface area contributed by atoms with Crippen LogP contribution in [-0.4, -0.2) is 44.4 Å². The van der Waals surface area contributed by atoms with Crippen molar-refractivity contribution in [3.8, 4) is 0 Å². The van der Waals surface area contributed by atoms with Gasteiger partial charge in [0.25, 0.3) is 0 Å². The van der Waals surface area contributed by atoms with Crippen molar-refractivity contribution in [2.45, 2.75) is 31.8 Å². The van der Waals surface area contributed by atoms with Gasteiger partial charge in [0, 0.05) is 43.8 Å². The molecule has 1 aliphatic rings. The Balaban J connectivity index is 1.35. The lowest BCUT2D eigenvalue weighted by atomic mass is 10.1. The molecule has 0 aliphatic heterocycles. The number of carbonyl (C=O) groups is 1. The molecule has 1 aliphatic carbocycles. The molecule has 2 heterocycles. The first-order valence-corrected chi connectivity index (χ1v) is 11.5. The van der Waals surface area contributed by atoms with E-state index in [9.17, 15) is 4.79 Å². The Morgan fingerprint density at radius 2 is 2.15 bits per heavy atom. The van der Waals surface area contributed by atoms with E-state index in [0.29, 0.717) is 36.0 Å². The van der Waals surface area contributed by atoms with E-state index in [4.69, 9.17) is 15.1 Å². The Morgan fingerprint density at radius 3 is 2.97 bits per heavy atom. The van der Waals surface area contributed by atoms with E-state index in [0.717, 1.165) is 31.5 Å². The zero-order valence-electron chi connectivity index (χ0n) is 18.5. The molecule has 10 heteroatoms. The summed E-state index contributed by atoms with van der Waals surface area (Å²) in [4.78, 5) is 26.9. The van der Waals surface area contributed by atoms with E-state index in [-0.39, 0.29) is 11.8 Å². The maximum Gasteiger partial charge on any atom is 0.199 e. The number of carbonyl (C=O) groups excluding carboxylic acids is 1. The number of hydrogen-bond acceptors (Lipinski definition) is 9. The largest absolute Gasteiger partial charge is 0.367 e. The van der Waals surface area contributed by atoms with Crippen LogP contribution in [0.1, 0.15) is 40.7 Å². The fourth-order valence-electron chi connectivity index (χ4n) is 3.98. The van der Waals surface area contributed by atoms with Crippen LogP contribution in [0.4, 0.5) is 5.82 Å². The summed E-state index contributed by atoms with van der Waals surface area (Å²) in [5.41, 5.74) is 2.26. The highest BCUT2D eigenvalue weighted by Crippen LogP contribution is 2.29. The molecule has 1 aromatic carbocycles. The molecule has 3 aromatic rings. The van der Waals surface area contributed by atoms with Gasteiger partial charge in [-0.15, -0.1) is 4.33 Å². The van der Waals surface area contributed by atoms with Crippen LogP contribution in [0.2, 0.25) is 0 Å². The number of hydrogen-bond donors (Lipinski definition) is 2. The van der Waals surface area contributed by atoms with E-state index < -0.39 is 0 Å². The lowest BCUT2D eigenvalue weighted by molar-refractivity contribution is -0.203. The molecular weight excluding hydrogens is 440 g/mol. The van der Waals surface area contributed by atoms with Crippen molar-refractivity contribution < 1.29 is 14.0 Å². The number of ketones is 1. The number of rotatable bonds is 11. The summed E-state index contributed by atoms with van der Waals surface area (Å²) in [6.45, 7) is 1.20. The number of aromatic nitrogens is 3. The third-order valence-electron chi connectivity index (χ3n) is 5.56. The average molecular weight is 469 g/mol. The highest BCUT2D eigenvalue weighted by atomic mass is 32.2. The molecule has 1 fully saturated rings. The highest BCUT2D eigenvalue weighted by Gasteiger charge is 2.27. The molecule has 2 atom stereocenters. The first kappa shape index (κ1) is 23.4. The highest BCUT2D eigenvalue weighted by molar-refractivity contribution is 7.92. The Kier molecular flexibility index (Phi) is 8.08. The Bertz CT molecular complexity index is 1050. The zero-order valence-corrected chi connectivity index (χ0v) is 19.3. The molecule has 0 radical (unpaired) electrons. The summed E-state index contributed by atoms with van der Waals surface area (Å²) in [5.74, 6) is 6.28. The maximum absolute atomic E-state index is 13.2. The third kappa shape index (κ3) is 6.62. The van der Waals surface area contributed by atoms with Crippen LogP contribution in [-0.2, 0) is 15.8 Å².